The van der Waals surface area contributed by atoms with Crippen molar-refractivity contribution in [3.05, 3.63) is 59.2 Å². The molecule has 1 aromatic heterocycles. The number of nitrogens with one attached hydrogen (secondary N) is 1. The molecule has 6 heteroatoms. The van der Waals surface area contributed by atoms with Crippen LogP contribution in [0.2, 0.25) is 0 Å². The van der Waals surface area contributed by atoms with Crippen LogP contribution >= 0.6 is 0 Å². The molecular weight excluding hydrogens is 316 g/mol. The number of benzene rings is 1. The topological polar surface area (TPSA) is 75.2 Å². The molecule has 0 fully saturated rings. The zero-order valence-corrected chi connectivity index (χ0v) is 15.1. The molecule has 6 nitrogen and oxygen atoms in total. The van der Waals surface area contributed by atoms with Crippen LogP contribution in [-0.4, -0.2) is 39.8 Å². The lowest BCUT2D eigenvalue weighted by molar-refractivity contribution is -0.133. The van der Waals surface area contributed by atoms with Gasteiger partial charge in [-0.15, -0.1) is 0 Å². The maximum absolute atomic E-state index is 12.9. The largest absolute Gasteiger partial charge is 0.341 e. The van der Waals surface area contributed by atoms with Crippen LogP contribution in [0.1, 0.15) is 47.3 Å². The molecule has 0 aliphatic heterocycles. The Hall–Kier alpha value is -2.76. The highest BCUT2D eigenvalue weighted by Gasteiger charge is 2.27. The highest BCUT2D eigenvalue weighted by atomic mass is 16.2. The Morgan fingerprint density at radius 2 is 1.76 bits per heavy atom. The fraction of sp³-hybridized carbons (Fsp3) is 0.368. The van der Waals surface area contributed by atoms with Crippen molar-refractivity contribution < 1.29 is 9.59 Å². The van der Waals surface area contributed by atoms with Crippen molar-refractivity contribution in [2.75, 3.05) is 13.1 Å². The molecule has 0 spiro atoms. The minimum absolute atomic E-state index is 0.129. The first kappa shape index (κ1) is 18.6. The van der Waals surface area contributed by atoms with Crippen LogP contribution in [0.3, 0.4) is 0 Å². The number of carbonyl (C=O) groups is 2. The molecule has 2 aromatic rings. The molecule has 1 atom stereocenters. The number of hydrogen-bond acceptors (Lipinski definition) is 4. The van der Waals surface area contributed by atoms with E-state index in [1.165, 1.54) is 6.20 Å². The van der Waals surface area contributed by atoms with E-state index in [-0.39, 0.29) is 11.8 Å². The van der Waals surface area contributed by atoms with E-state index in [9.17, 15) is 9.59 Å². The average molecular weight is 340 g/mol. The maximum atomic E-state index is 12.9. The summed E-state index contributed by atoms with van der Waals surface area (Å²) in [5, 5.41) is 2.85. The first-order valence-electron chi connectivity index (χ1n) is 8.42. The summed E-state index contributed by atoms with van der Waals surface area (Å²) in [5.74, 6) is 0.120. The monoisotopic (exact) mass is 340 g/mol. The third kappa shape index (κ3) is 4.41. The summed E-state index contributed by atoms with van der Waals surface area (Å²) in [7, 11) is 0. The number of aromatic nitrogens is 2. The van der Waals surface area contributed by atoms with E-state index >= 15 is 0 Å². The van der Waals surface area contributed by atoms with Gasteiger partial charge in [0, 0.05) is 19.3 Å². The highest BCUT2D eigenvalue weighted by Crippen LogP contribution is 2.17. The van der Waals surface area contributed by atoms with E-state index < -0.39 is 6.04 Å². The lowest BCUT2D eigenvalue weighted by Crippen LogP contribution is -2.43. The molecule has 1 heterocycles. The van der Waals surface area contributed by atoms with Crippen LogP contribution in [0.5, 0.6) is 0 Å². The van der Waals surface area contributed by atoms with Gasteiger partial charge in [-0.3, -0.25) is 9.59 Å². The molecule has 0 aliphatic carbocycles. The molecule has 0 unspecified atom stereocenters. The Morgan fingerprint density at radius 3 is 2.32 bits per heavy atom. The number of carbonyl (C=O) groups excluding carboxylic acids is 2. The normalized spacial score (nSPS) is 11.7. The van der Waals surface area contributed by atoms with Gasteiger partial charge in [-0.1, -0.05) is 30.3 Å². The van der Waals surface area contributed by atoms with Gasteiger partial charge in [0.15, 0.2) is 0 Å². The van der Waals surface area contributed by atoms with Crippen molar-refractivity contribution >= 4 is 11.8 Å². The lowest BCUT2D eigenvalue weighted by Gasteiger charge is -2.26. The Bertz CT molecular complexity index is 742. The van der Waals surface area contributed by atoms with E-state index in [4.69, 9.17) is 0 Å². The fourth-order valence-electron chi connectivity index (χ4n) is 2.67. The van der Waals surface area contributed by atoms with Gasteiger partial charge in [0.2, 0.25) is 5.91 Å². The van der Waals surface area contributed by atoms with Crippen LogP contribution in [0, 0.1) is 13.8 Å². The van der Waals surface area contributed by atoms with Crippen molar-refractivity contribution in [2.45, 2.75) is 33.7 Å². The molecule has 2 rings (SSSR count). The number of aryl methyl sites for hydroxylation is 2. The zero-order valence-electron chi connectivity index (χ0n) is 15.1. The number of rotatable bonds is 6. The molecule has 2 amide bonds. The molecule has 0 aliphatic rings. The number of amides is 2. The van der Waals surface area contributed by atoms with Crippen molar-refractivity contribution in [3.63, 3.8) is 0 Å². The Kier molecular flexibility index (Phi) is 6.22. The van der Waals surface area contributed by atoms with Crippen LogP contribution in [0.15, 0.2) is 36.5 Å². The van der Waals surface area contributed by atoms with E-state index in [2.05, 4.69) is 15.3 Å². The van der Waals surface area contributed by atoms with Crippen LogP contribution < -0.4 is 5.32 Å². The van der Waals surface area contributed by atoms with Crippen molar-refractivity contribution in [2.24, 2.45) is 0 Å². The van der Waals surface area contributed by atoms with Gasteiger partial charge in [-0.05, 0) is 33.3 Å². The van der Waals surface area contributed by atoms with Crippen LogP contribution in [-0.2, 0) is 4.79 Å². The van der Waals surface area contributed by atoms with E-state index in [1.54, 1.807) is 18.7 Å². The first-order chi connectivity index (χ1) is 12.0. The van der Waals surface area contributed by atoms with E-state index in [0.29, 0.717) is 30.2 Å². The summed E-state index contributed by atoms with van der Waals surface area (Å²) < 4.78 is 0. The van der Waals surface area contributed by atoms with Gasteiger partial charge in [-0.25, -0.2) is 9.97 Å². The molecule has 1 aromatic carbocycles. The van der Waals surface area contributed by atoms with Gasteiger partial charge in [0.1, 0.15) is 11.9 Å². The Morgan fingerprint density at radius 1 is 1.12 bits per heavy atom. The molecule has 0 bridgehead atoms. The maximum Gasteiger partial charge on any atom is 0.255 e. The predicted octanol–water partition coefficient (Wildman–Crippen LogP) is 2.43. The standard InChI is InChI=1S/C19H24N4O2/c1-5-23(6-2)19(25)17(15-10-8-7-9-11-15)22-18(24)16-12-20-14(4)21-13(16)3/h7-12,17H,5-6H2,1-4H3,(H,22,24)/t17-/m1/s1. The van der Waals surface area contributed by atoms with Gasteiger partial charge in [0.25, 0.3) is 5.91 Å². The second-order valence-electron chi connectivity index (χ2n) is 5.74. The third-order valence-corrected chi connectivity index (χ3v) is 4.07. The second-order valence-corrected chi connectivity index (χ2v) is 5.74. The minimum Gasteiger partial charge on any atom is -0.341 e. The van der Waals surface area contributed by atoms with Crippen LogP contribution in [0.4, 0.5) is 0 Å². The summed E-state index contributed by atoms with van der Waals surface area (Å²) >= 11 is 0. The summed E-state index contributed by atoms with van der Waals surface area (Å²) in [5.41, 5.74) is 1.71. The van der Waals surface area contributed by atoms with Gasteiger partial charge >= 0.3 is 0 Å². The fourth-order valence-corrected chi connectivity index (χ4v) is 2.67. The first-order valence-corrected chi connectivity index (χ1v) is 8.42. The highest BCUT2D eigenvalue weighted by molar-refractivity contribution is 5.98. The second kappa shape index (κ2) is 8.37. The van der Waals surface area contributed by atoms with E-state index in [1.807, 2.05) is 44.2 Å². The molecule has 132 valence electrons. The van der Waals surface area contributed by atoms with E-state index in [0.717, 1.165) is 5.56 Å². The molecule has 25 heavy (non-hydrogen) atoms. The summed E-state index contributed by atoms with van der Waals surface area (Å²) in [6, 6.07) is 8.51. The third-order valence-electron chi connectivity index (χ3n) is 4.07. The predicted molar refractivity (Wildman–Crippen MR) is 96.1 cm³/mol. The average Bonchev–Trinajstić information content (AvgIpc) is 2.61. The Labute approximate surface area is 148 Å². The van der Waals surface area contributed by atoms with Crippen molar-refractivity contribution in [1.29, 1.82) is 0 Å². The quantitative estimate of drug-likeness (QED) is 0.876. The lowest BCUT2D eigenvalue weighted by atomic mass is 10.0. The number of hydrogen-bond donors (Lipinski definition) is 1. The summed E-state index contributed by atoms with van der Waals surface area (Å²) in [6.45, 7) is 8.54. The summed E-state index contributed by atoms with van der Waals surface area (Å²) in [6.07, 6.45) is 1.50. The summed E-state index contributed by atoms with van der Waals surface area (Å²) in [4.78, 5) is 35.6. The van der Waals surface area contributed by atoms with Crippen LogP contribution in [0.25, 0.3) is 0 Å². The van der Waals surface area contributed by atoms with Crippen molar-refractivity contribution in [1.82, 2.24) is 20.2 Å². The number of nitrogens with zero attached hydrogens (tertiary/aromatic N) is 3. The van der Waals surface area contributed by atoms with Gasteiger partial charge in [0.05, 0.1) is 11.3 Å². The zero-order chi connectivity index (χ0) is 18.4. The Balaban J connectivity index is 2.33. The molecule has 0 saturated carbocycles. The van der Waals surface area contributed by atoms with Gasteiger partial charge in [-0.2, -0.15) is 0 Å². The smallest absolute Gasteiger partial charge is 0.255 e. The molecule has 0 radical (unpaired) electrons. The van der Waals surface area contributed by atoms with Crippen molar-refractivity contribution in [3.8, 4) is 0 Å². The SMILES string of the molecule is CCN(CC)C(=O)[C@H](NC(=O)c1cnc(C)nc1C)c1ccccc1. The minimum atomic E-state index is -0.741. The molecule has 1 N–H and O–H groups in total. The molecule has 0 saturated heterocycles. The van der Waals surface area contributed by atoms with Gasteiger partial charge < -0.3 is 10.2 Å². The molecular formula is C19H24N4O2. The number of likely N-dealkylation sites (N-methyl/N-ethyl adjacent to an activating group) is 1.